The third-order valence-corrected chi connectivity index (χ3v) is 5.49. The zero-order valence-corrected chi connectivity index (χ0v) is 13.5. The number of pyridine rings is 1. The van der Waals surface area contributed by atoms with Crippen molar-refractivity contribution >= 4 is 16.8 Å². The predicted molar refractivity (Wildman–Crippen MR) is 90.4 cm³/mol. The van der Waals surface area contributed by atoms with Crippen molar-refractivity contribution in [2.24, 2.45) is 5.92 Å². The lowest BCUT2D eigenvalue weighted by atomic mass is 9.90. The van der Waals surface area contributed by atoms with Gasteiger partial charge in [0, 0.05) is 29.7 Å². The molecule has 0 radical (unpaired) electrons. The third kappa shape index (κ3) is 2.46. The first kappa shape index (κ1) is 14.5. The van der Waals surface area contributed by atoms with Gasteiger partial charge in [-0.05, 0) is 44.2 Å². The Kier molecular flexibility index (Phi) is 3.47. The van der Waals surface area contributed by atoms with Crippen molar-refractivity contribution in [3.05, 3.63) is 46.2 Å². The minimum atomic E-state index is 0.0267. The summed E-state index contributed by atoms with van der Waals surface area (Å²) in [6, 6.07) is 9.63. The molecule has 2 aliphatic rings. The summed E-state index contributed by atoms with van der Waals surface area (Å²) in [5, 5.41) is 0.686. The molecule has 4 nitrogen and oxygen atoms in total. The summed E-state index contributed by atoms with van der Waals surface area (Å²) in [7, 11) is 0. The molecule has 2 unspecified atom stereocenters. The maximum Gasteiger partial charge on any atom is 0.242 e. The van der Waals surface area contributed by atoms with Gasteiger partial charge in [-0.1, -0.05) is 18.6 Å². The fraction of sp³-hybridized carbons (Fsp3) is 0.474. The predicted octanol–water partition coefficient (Wildman–Crippen LogP) is 2.71. The molecule has 2 heterocycles. The van der Waals surface area contributed by atoms with Crippen LogP contribution in [-0.4, -0.2) is 28.0 Å². The Morgan fingerprint density at radius 1 is 1.26 bits per heavy atom. The number of fused-ring (bicyclic) bond motifs is 3. The lowest BCUT2D eigenvalue weighted by molar-refractivity contribution is -0.132. The van der Waals surface area contributed by atoms with Gasteiger partial charge in [0.1, 0.15) is 6.54 Å². The third-order valence-electron chi connectivity index (χ3n) is 5.49. The van der Waals surface area contributed by atoms with Crippen LogP contribution in [0.5, 0.6) is 0 Å². The van der Waals surface area contributed by atoms with Gasteiger partial charge in [-0.3, -0.25) is 9.59 Å². The molecular weight excluding hydrogens is 288 g/mol. The number of nitrogens with zero attached hydrogens (tertiary/aromatic N) is 2. The smallest absolute Gasteiger partial charge is 0.242 e. The maximum atomic E-state index is 12.9. The molecule has 4 rings (SSSR count). The minimum Gasteiger partial charge on any atom is -0.338 e. The average molecular weight is 310 g/mol. The Bertz CT molecular complexity index is 824. The van der Waals surface area contributed by atoms with E-state index in [1.54, 1.807) is 6.07 Å². The number of hydrogen-bond acceptors (Lipinski definition) is 2. The second-order valence-electron chi connectivity index (χ2n) is 6.99. The Morgan fingerprint density at radius 2 is 2.09 bits per heavy atom. The molecule has 1 aliphatic carbocycles. The van der Waals surface area contributed by atoms with Crippen LogP contribution in [0.1, 0.15) is 31.4 Å². The Morgan fingerprint density at radius 3 is 2.91 bits per heavy atom. The standard InChI is InChI=1S/C19H22N2O2/c1-13-9-18(22)16-7-2-3-8-17(16)20(13)12-19(23)21-11-14-5-4-6-15(21)10-14/h2-3,7-9,14-15H,4-6,10-12H2,1H3. The molecule has 4 heteroatoms. The van der Waals surface area contributed by atoms with Crippen LogP contribution in [-0.2, 0) is 11.3 Å². The number of para-hydroxylation sites is 1. The molecule has 0 N–H and O–H groups in total. The van der Waals surface area contributed by atoms with Crippen molar-refractivity contribution < 1.29 is 4.79 Å². The van der Waals surface area contributed by atoms with E-state index in [9.17, 15) is 9.59 Å². The Labute approximate surface area is 135 Å². The fourth-order valence-corrected chi connectivity index (χ4v) is 4.33. The molecule has 0 spiro atoms. The number of hydrogen-bond donors (Lipinski definition) is 0. The van der Waals surface area contributed by atoms with E-state index in [2.05, 4.69) is 4.90 Å². The maximum absolute atomic E-state index is 12.9. The van der Waals surface area contributed by atoms with Crippen molar-refractivity contribution in [3.8, 4) is 0 Å². The summed E-state index contributed by atoms with van der Waals surface area (Å²) in [5.41, 5.74) is 1.73. The Balaban J connectivity index is 1.68. The summed E-state index contributed by atoms with van der Waals surface area (Å²) >= 11 is 0. The highest BCUT2D eigenvalue weighted by molar-refractivity contribution is 5.83. The highest BCUT2D eigenvalue weighted by Gasteiger charge is 2.37. The van der Waals surface area contributed by atoms with Gasteiger partial charge in [0.25, 0.3) is 0 Å². The van der Waals surface area contributed by atoms with Gasteiger partial charge in [-0.25, -0.2) is 0 Å². The summed E-state index contributed by atoms with van der Waals surface area (Å²) in [6.07, 6.45) is 4.83. The van der Waals surface area contributed by atoms with Crippen LogP contribution in [0.2, 0.25) is 0 Å². The molecule has 1 amide bonds. The largest absolute Gasteiger partial charge is 0.338 e. The van der Waals surface area contributed by atoms with Crippen LogP contribution in [0, 0.1) is 12.8 Å². The highest BCUT2D eigenvalue weighted by atomic mass is 16.2. The quantitative estimate of drug-likeness (QED) is 0.856. The van der Waals surface area contributed by atoms with Crippen LogP contribution in [0.4, 0.5) is 0 Å². The van der Waals surface area contributed by atoms with Crippen LogP contribution in [0.15, 0.2) is 35.1 Å². The summed E-state index contributed by atoms with van der Waals surface area (Å²) in [5.74, 6) is 0.890. The molecule has 1 saturated carbocycles. The number of amides is 1. The van der Waals surface area contributed by atoms with Crippen LogP contribution in [0.25, 0.3) is 10.9 Å². The normalized spacial score (nSPS) is 23.4. The monoisotopic (exact) mass is 310 g/mol. The molecular formula is C19H22N2O2. The van der Waals surface area contributed by atoms with Crippen molar-refractivity contribution in [1.29, 1.82) is 0 Å². The van der Waals surface area contributed by atoms with Gasteiger partial charge in [-0.2, -0.15) is 0 Å². The van der Waals surface area contributed by atoms with Gasteiger partial charge >= 0.3 is 0 Å². The summed E-state index contributed by atoms with van der Waals surface area (Å²) in [6.45, 7) is 3.15. The molecule has 1 aliphatic heterocycles. The van der Waals surface area contributed by atoms with Crippen LogP contribution < -0.4 is 5.43 Å². The molecule has 1 aromatic heterocycles. The number of benzene rings is 1. The molecule has 1 saturated heterocycles. The zero-order chi connectivity index (χ0) is 16.0. The van der Waals surface area contributed by atoms with Crippen molar-refractivity contribution in [1.82, 2.24) is 9.47 Å². The number of rotatable bonds is 2. The van der Waals surface area contributed by atoms with Gasteiger partial charge in [0.15, 0.2) is 5.43 Å². The highest BCUT2D eigenvalue weighted by Crippen LogP contribution is 2.35. The van der Waals surface area contributed by atoms with Crippen molar-refractivity contribution in [3.63, 3.8) is 0 Å². The molecule has 1 aromatic carbocycles. The van der Waals surface area contributed by atoms with Crippen molar-refractivity contribution in [2.45, 2.75) is 45.2 Å². The first-order chi connectivity index (χ1) is 11.1. The van der Waals surface area contributed by atoms with Gasteiger partial charge in [0.2, 0.25) is 5.91 Å². The lowest BCUT2D eigenvalue weighted by Crippen LogP contribution is -2.38. The minimum absolute atomic E-state index is 0.0267. The lowest BCUT2D eigenvalue weighted by Gasteiger charge is -2.26. The van der Waals surface area contributed by atoms with E-state index in [4.69, 9.17) is 0 Å². The van der Waals surface area contributed by atoms with E-state index in [1.165, 1.54) is 19.3 Å². The van der Waals surface area contributed by atoms with Gasteiger partial charge < -0.3 is 9.47 Å². The molecule has 2 aromatic rings. The number of carbonyl (C=O) groups excluding carboxylic acids is 1. The SMILES string of the molecule is Cc1cc(=O)c2ccccc2n1CC(=O)N1CC2CCCC1C2. The Hall–Kier alpha value is -2.10. The number of aryl methyl sites for hydroxylation is 1. The van der Waals surface area contributed by atoms with E-state index in [0.29, 0.717) is 23.9 Å². The van der Waals surface area contributed by atoms with E-state index in [-0.39, 0.29) is 11.3 Å². The topological polar surface area (TPSA) is 42.3 Å². The van der Waals surface area contributed by atoms with Gasteiger partial charge in [0.05, 0.1) is 5.52 Å². The summed E-state index contributed by atoms with van der Waals surface area (Å²) < 4.78 is 1.99. The summed E-state index contributed by atoms with van der Waals surface area (Å²) in [4.78, 5) is 27.1. The molecule has 2 fully saturated rings. The second-order valence-corrected chi connectivity index (χ2v) is 6.99. The second kappa shape index (κ2) is 5.52. The van der Waals surface area contributed by atoms with E-state index in [1.807, 2.05) is 35.8 Å². The van der Waals surface area contributed by atoms with E-state index in [0.717, 1.165) is 24.2 Å². The first-order valence-corrected chi connectivity index (χ1v) is 8.52. The van der Waals surface area contributed by atoms with Gasteiger partial charge in [-0.15, -0.1) is 0 Å². The number of aromatic nitrogens is 1. The number of carbonyl (C=O) groups is 1. The van der Waals surface area contributed by atoms with E-state index >= 15 is 0 Å². The fourth-order valence-electron chi connectivity index (χ4n) is 4.33. The zero-order valence-electron chi connectivity index (χ0n) is 13.5. The first-order valence-electron chi connectivity index (χ1n) is 8.52. The van der Waals surface area contributed by atoms with Crippen LogP contribution in [0.3, 0.4) is 0 Å². The number of likely N-dealkylation sites (tertiary alicyclic amines) is 1. The molecule has 120 valence electrons. The molecule has 23 heavy (non-hydrogen) atoms. The molecule has 2 bridgehead atoms. The van der Waals surface area contributed by atoms with Crippen LogP contribution >= 0.6 is 0 Å². The molecule has 2 atom stereocenters. The van der Waals surface area contributed by atoms with Crippen molar-refractivity contribution in [2.75, 3.05) is 6.54 Å². The van der Waals surface area contributed by atoms with E-state index < -0.39 is 0 Å². The average Bonchev–Trinajstić information content (AvgIpc) is 2.85.